The SMILES string of the molecule is CC(C)Cn1nc(CC(=O)NCCc2nc3ccccc3n2C)c2ccccc2c1=O. The van der Waals surface area contributed by atoms with Crippen LogP contribution in [0.4, 0.5) is 0 Å². The minimum atomic E-state index is -0.119. The predicted octanol–water partition coefficient (Wildman–Crippen LogP) is 2.84. The van der Waals surface area contributed by atoms with Crippen LogP contribution >= 0.6 is 0 Å². The summed E-state index contributed by atoms with van der Waals surface area (Å²) in [6.07, 6.45) is 0.763. The van der Waals surface area contributed by atoms with Gasteiger partial charge in [0.25, 0.3) is 5.56 Å². The summed E-state index contributed by atoms with van der Waals surface area (Å²) in [6, 6.07) is 15.3. The number of fused-ring (bicyclic) bond motifs is 2. The Morgan fingerprint density at radius 2 is 1.77 bits per heavy atom. The molecule has 7 nitrogen and oxygen atoms in total. The number of imidazole rings is 1. The van der Waals surface area contributed by atoms with Gasteiger partial charge in [-0.05, 0) is 24.1 Å². The number of aryl methyl sites for hydroxylation is 1. The molecule has 31 heavy (non-hydrogen) atoms. The first-order valence-corrected chi connectivity index (χ1v) is 10.6. The van der Waals surface area contributed by atoms with Crippen LogP contribution in [0.1, 0.15) is 25.4 Å². The minimum Gasteiger partial charge on any atom is -0.355 e. The van der Waals surface area contributed by atoms with Crippen LogP contribution in [0.3, 0.4) is 0 Å². The number of hydrogen-bond acceptors (Lipinski definition) is 4. The zero-order valence-electron chi connectivity index (χ0n) is 18.1. The van der Waals surface area contributed by atoms with Crippen molar-refractivity contribution in [2.75, 3.05) is 6.54 Å². The standard InChI is InChI=1S/C24H27N5O2/c1-16(2)15-29-24(31)18-9-5-4-8-17(18)20(27-29)14-23(30)25-13-12-22-26-19-10-6-7-11-21(19)28(22)3/h4-11,16H,12-15H2,1-3H3,(H,25,30). The Balaban J connectivity index is 1.48. The van der Waals surface area contributed by atoms with Gasteiger partial charge in [0.2, 0.25) is 5.91 Å². The predicted molar refractivity (Wildman–Crippen MR) is 122 cm³/mol. The number of benzene rings is 2. The van der Waals surface area contributed by atoms with Gasteiger partial charge < -0.3 is 9.88 Å². The molecule has 2 heterocycles. The molecule has 0 saturated carbocycles. The summed E-state index contributed by atoms with van der Waals surface area (Å²) < 4.78 is 3.54. The van der Waals surface area contributed by atoms with Gasteiger partial charge in [0.1, 0.15) is 5.82 Å². The average Bonchev–Trinajstić information content (AvgIpc) is 3.07. The summed E-state index contributed by atoms with van der Waals surface area (Å²) >= 11 is 0. The second-order valence-electron chi connectivity index (χ2n) is 8.23. The smallest absolute Gasteiger partial charge is 0.274 e. The highest BCUT2D eigenvalue weighted by atomic mass is 16.1. The highest BCUT2D eigenvalue weighted by Crippen LogP contribution is 2.15. The van der Waals surface area contributed by atoms with Crippen molar-refractivity contribution in [2.45, 2.75) is 33.2 Å². The highest BCUT2D eigenvalue weighted by molar-refractivity contribution is 5.88. The number of carbonyl (C=O) groups excluding carboxylic acids is 1. The van der Waals surface area contributed by atoms with Crippen LogP contribution in [0, 0.1) is 5.92 Å². The zero-order valence-corrected chi connectivity index (χ0v) is 18.1. The third-order valence-electron chi connectivity index (χ3n) is 5.36. The molecule has 2 aromatic heterocycles. The molecule has 0 fully saturated rings. The van der Waals surface area contributed by atoms with E-state index >= 15 is 0 Å². The summed E-state index contributed by atoms with van der Waals surface area (Å²) in [7, 11) is 1.99. The van der Waals surface area contributed by atoms with Gasteiger partial charge in [-0.3, -0.25) is 9.59 Å². The molecule has 4 rings (SSSR count). The lowest BCUT2D eigenvalue weighted by atomic mass is 10.1. The molecular weight excluding hydrogens is 390 g/mol. The molecule has 0 saturated heterocycles. The van der Waals surface area contributed by atoms with Crippen LogP contribution < -0.4 is 10.9 Å². The van der Waals surface area contributed by atoms with E-state index in [1.165, 1.54) is 4.68 Å². The van der Waals surface area contributed by atoms with Crippen LogP contribution in [0.5, 0.6) is 0 Å². The van der Waals surface area contributed by atoms with E-state index in [0.717, 1.165) is 22.2 Å². The largest absolute Gasteiger partial charge is 0.355 e. The summed E-state index contributed by atoms with van der Waals surface area (Å²) in [5.74, 6) is 1.09. The van der Waals surface area contributed by atoms with Crippen molar-refractivity contribution >= 4 is 27.7 Å². The van der Waals surface area contributed by atoms with Gasteiger partial charge in [-0.15, -0.1) is 0 Å². The van der Waals surface area contributed by atoms with Crippen molar-refractivity contribution in [1.82, 2.24) is 24.6 Å². The minimum absolute atomic E-state index is 0.115. The maximum atomic E-state index is 12.7. The molecule has 0 spiro atoms. The lowest BCUT2D eigenvalue weighted by molar-refractivity contribution is -0.120. The first kappa shape index (κ1) is 20.8. The number of nitrogens with zero attached hydrogens (tertiary/aromatic N) is 4. The van der Waals surface area contributed by atoms with Crippen molar-refractivity contribution in [3.05, 3.63) is 70.4 Å². The third kappa shape index (κ3) is 4.35. The van der Waals surface area contributed by atoms with Gasteiger partial charge >= 0.3 is 0 Å². The van der Waals surface area contributed by atoms with Crippen LogP contribution in [-0.4, -0.2) is 31.8 Å². The molecule has 1 N–H and O–H groups in total. The van der Waals surface area contributed by atoms with E-state index in [1.54, 1.807) is 6.07 Å². The van der Waals surface area contributed by atoms with Gasteiger partial charge in [0.15, 0.2) is 0 Å². The number of amides is 1. The van der Waals surface area contributed by atoms with E-state index in [9.17, 15) is 9.59 Å². The Labute approximate surface area is 180 Å². The molecular formula is C24H27N5O2. The Morgan fingerprint density at radius 3 is 2.52 bits per heavy atom. The van der Waals surface area contributed by atoms with Gasteiger partial charge in [-0.25, -0.2) is 9.67 Å². The molecule has 0 aliphatic heterocycles. The Kier molecular flexibility index (Phi) is 5.84. The summed E-state index contributed by atoms with van der Waals surface area (Å²) in [5.41, 5.74) is 2.53. The number of hydrogen-bond donors (Lipinski definition) is 1. The first-order chi connectivity index (χ1) is 14.9. The van der Waals surface area contributed by atoms with Crippen LogP contribution in [0.25, 0.3) is 21.8 Å². The molecule has 0 radical (unpaired) electrons. The van der Waals surface area contributed by atoms with E-state index in [1.807, 2.05) is 63.4 Å². The van der Waals surface area contributed by atoms with Gasteiger partial charge in [0.05, 0.1) is 28.5 Å². The molecule has 1 amide bonds. The molecule has 0 aliphatic rings. The number of aromatic nitrogens is 4. The fourth-order valence-electron chi connectivity index (χ4n) is 3.85. The van der Waals surface area contributed by atoms with Gasteiger partial charge in [-0.1, -0.05) is 44.2 Å². The Morgan fingerprint density at radius 1 is 1.06 bits per heavy atom. The Bertz CT molecular complexity index is 1300. The number of carbonyl (C=O) groups is 1. The maximum Gasteiger partial charge on any atom is 0.274 e. The van der Waals surface area contributed by atoms with E-state index in [2.05, 4.69) is 20.0 Å². The molecule has 160 valence electrons. The molecule has 7 heteroatoms. The number of nitrogens with one attached hydrogen (secondary N) is 1. The van der Waals surface area contributed by atoms with Crippen molar-refractivity contribution in [1.29, 1.82) is 0 Å². The summed E-state index contributed by atoms with van der Waals surface area (Å²) in [5, 5.41) is 8.82. The monoisotopic (exact) mass is 417 g/mol. The lowest BCUT2D eigenvalue weighted by Gasteiger charge is -2.12. The van der Waals surface area contributed by atoms with E-state index < -0.39 is 0 Å². The topological polar surface area (TPSA) is 81.8 Å². The van der Waals surface area contributed by atoms with E-state index in [0.29, 0.717) is 30.6 Å². The number of rotatable bonds is 7. The number of para-hydroxylation sites is 2. The molecule has 0 unspecified atom stereocenters. The summed E-state index contributed by atoms with van der Waals surface area (Å²) in [4.78, 5) is 30.0. The van der Waals surface area contributed by atoms with Crippen LogP contribution in [-0.2, 0) is 31.2 Å². The second-order valence-corrected chi connectivity index (χ2v) is 8.23. The van der Waals surface area contributed by atoms with E-state index in [4.69, 9.17) is 0 Å². The maximum absolute atomic E-state index is 12.7. The van der Waals surface area contributed by atoms with Crippen LogP contribution in [0.15, 0.2) is 53.3 Å². The van der Waals surface area contributed by atoms with Crippen molar-refractivity contribution in [2.24, 2.45) is 13.0 Å². The third-order valence-corrected chi connectivity index (χ3v) is 5.36. The highest BCUT2D eigenvalue weighted by Gasteiger charge is 2.14. The normalized spacial score (nSPS) is 11.5. The van der Waals surface area contributed by atoms with Crippen molar-refractivity contribution in [3.63, 3.8) is 0 Å². The van der Waals surface area contributed by atoms with E-state index in [-0.39, 0.29) is 23.8 Å². The van der Waals surface area contributed by atoms with Crippen molar-refractivity contribution in [3.8, 4) is 0 Å². The second kappa shape index (κ2) is 8.71. The zero-order chi connectivity index (χ0) is 22.0. The molecule has 0 atom stereocenters. The fraction of sp³-hybridized carbons (Fsp3) is 0.333. The van der Waals surface area contributed by atoms with Crippen molar-refractivity contribution < 1.29 is 4.79 Å². The summed E-state index contributed by atoms with van der Waals surface area (Å²) in [6.45, 7) is 5.08. The average molecular weight is 418 g/mol. The fourth-order valence-corrected chi connectivity index (χ4v) is 3.85. The van der Waals surface area contributed by atoms with Gasteiger partial charge in [0, 0.05) is 31.9 Å². The quantitative estimate of drug-likeness (QED) is 0.501. The van der Waals surface area contributed by atoms with Gasteiger partial charge in [-0.2, -0.15) is 5.10 Å². The van der Waals surface area contributed by atoms with Crippen LogP contribution in [0.2, 0.25) is 0 Å². The molecule has 2 aromatic carbocycles. The molecule has 4 aromatic rings. The molecule has 0 aliphatic carbocycles. The lowest BCUT2D eigenvalue weighted by Crippen LogP contribution is -2.31. The molecule has 0 bridgehead atoms. The first-order valence-electron chi connectivity index (χ1n) is 10.6. The Hall–Kier alpha value is -3.48.